The van der Waals surface area contributed by atoms with E-state index in [1.165, 1.54) is 0 Å². The average Bonchev–Trinajstić information content (AvgIpc) is 2.61. The Labute approximate surface area is 141 Å². The Morgan fingerprint density at radius 2 is 1.58 bits per heavy atom. The molecule has 0 radical (unpaired) electrons. The number of benzene rings is 4. The largest absolute Gasteiger partial charge is 0.463 e. The minimum absolute atomic E-state index is 0.0149. The summed E-state index contributed by atoms with van der Waals surface area (Å²) >= 11 is 6.26. The standard InChI is InChI=1S/C21H11ClO2/c22-13-5-7-16-18-10-14(23)6-8-17(18)21-20(19(16)9-13)15-4-2-1-3-12(15)11-24-21/h1-11H. The van der Waals surface area contributed by atoms with Crippen LogP contribution in [0.3, 0.4) is 0 Å². The Kier molecular flexibility index (Phi) is 2.73. The van der Waals surface area contributed by atoms with Crippen LogP contribution in [0.25, 0.3) is 43.3 Å². The van der Waals surface area contributed by atoms with E-state index in [0.29, 0.717) is 5.02 Å². The lowest BCUT2D eigenvalue weighted by molar-refractivity contribution is 0.615. The van der Waals surface area contributed by atoms with E-state index in [9.17, 15) is 4.79 Å². The summed E-state index contributed by atoms with van der Waals surface area (Å²) in [7, 11) is 0. The molecule has 1 aromatic heterocycles. The van der Waals surface area contributed by atoms with E-state index in [4.69, 9.17) is 16.0 Å². The van der Waals surface area contributed by atoms with Crippen molar-refractivity contribution in [1.29, 1.82) is 0 Å². The third-order valence-electron chi connectivity index (χ3n) is 4.54. The van der Waals surface area contributed by atoms with Crippen LogP contribution in [-0.4, -0.2) is 0 Å². The van der Waals surface area contributed by atoms with E-state index in [1.54, 1.807) is 18.4 Å². The zero-order valence-corrected chi connectivity index (χ0v) is 13.3. The quantitative estimate of drug-likeness (QED) is 0.331. The van der Waals surface area contributed by atoms with Gasteiger partial charge in [-0.3, -0.25) is 4.79 Å². The van der Waals surface area contributed by atoms with Gasteiger partial charge in [0.2, 0.25) is 0 Å². The first-order valence-electron chi connectivity index (χ1n) is 7.68. The van der Waals surface area contributed by atoms with Gasteiger partial charge in [-0.15, -0.1) is 0 Å². The minimum Gasteiger partial charge on any atom is -0.463 e. The molecular formula is C21H11ClO2. The molecule has 0 N–H and O–H groups in total. The van der Waals surface area contributed by atoms with Gasteiger partial charge in [0, 0.05) is 21.2 Å². The maximum absolute atomic E-state index is 11.9. The molecule has 0 fully saturated rings. The van der Waals surface area contributed by atoms with Gasteiger partial charge in [-0.2, -0.15) is 0 Å². The molecular weight excluding hydrogens is 320 g/mol. The summed E-state index contributed by atoms with van der Waals surface area (Å²) < 4.78 is 5.98. The lowest BCUT2D eigenvalue weighted by atomic mass is 9.95. The van der Waals surface area contributed by atoms with Crippen molar-refractivity contribution >= 4 is 54.9 Å². The van der Waals surface area contributed by atoms with Gasteiger partial charge in [-0.1, -0.05) is 41.9 Å². The maximum atomic E-state index is 11.9. The molecule has 4 aromatic carbocycles. The highest BCUT2D eigenvalue weighted by Crippen LogP contribution is 2.39. The van der Waals surface area contributed by atoms with E-state index >= 15 is 0 Å². The predicted molar refractivity (Wildman–Crippen MR) is 100 cm³/mol. The van der Waals surface area contributed by atoms with Gasteiger partial charge in [0.25, 0.3) is 0 Å². The Morgan fingerprint density at radius 3 is 2.50 bits per heavy atom. The molecule has 0 aliphatic heterocycles. The highest BCUT2D eigenvalue weighted by atomic mass is 35.5. The Balaban J connectivity index is 2.23. The van der Waals surface area contributed by atoms with Crippen LogP contribution in [0.4, 0.5) is 0 Å². The molecule has 3 heteroatoms. The number of fused-ring (bicyclic) bond motifs is 8. The molecule has 0 bridgehead atoms. The van der Waals surface area contributed by atoms with Crippen molar-refractivity contribution < 1.29 is 4.42 Å². The molecule has 0 aliphatic rings. The topological polar surface area (TPSA) is 30.2 Å². The number of hydrogen-bond donors (Lipinski definition) is 0. The Bertz CT molecular complexity index is 1330. The van der Waals surface area contributed by atoms with Crippen LogP contribution in [0, 0.1) is 0 Å². The van der Waals surface area contributed by atoms with Gasteiger partial charge in [0.05, 0.1) is 6.26 Å². The summed E-state index contributed by atoms with van der Waals surface area (Å²) in [6.07, 6.45) is 1.76. The van der Waals surface area contributed by atoms with Crippen molar-refractivity contribution in [3.63, 3.8) is 0 Å². The van der Waals surface area contributed by atoms with Crippen molar-refractivity contribution in [3.05, 3.63) is 82.2 Å². The monoisotopic (exact) mass is 330 g/mol. The van der Waals surface area contributed by atoms with E-state index in [0.717, 1.165) is 43.3 Å². The molecule has 24 heavy (non-hydrogen) atoms. The second kappa shape index (κ2) is 4.83. The lowest BCUT2D eigenvalue weighted by Crippen LogP contribution is -1.95. The molecule has 0 spiro atoms. The van der Waals surface area contributed by atoms with E-state index < -0.39 is 0 Å². The smallest absolute Gasteiger partial charge is 0.179 e. The van der Waals surface area contributed by atoms with Crippen molar-refractivity contribution in [2.75, 3.05) is 0 Å². The summed E-state index contributed by atoms with van der Waals surface area (Å²) in [4.78, 5) is 11.9. The molecule has 0 saturated carbocycles. The van der Waals surface area contributed by atoms with Gasteiger partial charge < -0.3 is 4.42 Å². The van der Waals surface area contributed by atoms with Crippen LogP contribution in [0.1, 0.15) is 0 Å². The molecule has 114 valence electrons. The van der Waals surface area contributed by atoms with Crippen LogP contribution in [0.5, 0.6) is 0 Å². The zero-order chi connectivity index (χ0) is 16.3. The predicted octanol–water partition coefficient (Wildman–Crippen LogP) is 5.91. The van der Waals surface area contributed by atoms with Crippen LogP contribution >= 0.6 is 11.6 Å². The second-order valence-electron chi connectivity index (χ2n) is 5.92. The van der Waals surface area contributed by atoms with E-state index in [1.807, 2.05) is 42.5 Å². The van der Waals surface area contributed by atoms with Gasteiger partial charge in [0.1, 0.15) is 5.58 Å². The first-order chi connectivity index (χ1) is 11.7. The van der Waals surface area contributed by atoms with Gasteiger partial charge in [0.15, 0.2) is 5.43 Å². The average molecular weight is 331 g/mol. The third kappa shape index (κ3) is 1.81. The fourth-order valence-electron chi connectivity index (χ4n) is 3.50. The van der Waals surface area contributed by atoms with E-state index in [2.05, 4.69) is 6.07 Å². The zero-order valence-electron chi connectivity index (χ0n) is 12.5. The van der Waals surface area contributed by atoms with E-state index in [-0.39, 0.29) is 5.43 Å². The molecule has 5 rings (SSSR count). The molecule has 0 unspecified atom stereocenters. The fraction of sp³-hybridized carbons (Fsp3) is 0. The first kappa shape index (κ1) is 13.6. The van der Waals surface area contributed by atoms with Gasteiger partial charge >= 0.3 is 0 Å². The van der Waals surface area contributed by atoms with Gasteiger partial charge in [-0.25, -0.2) is 0 Å². The molecule has 0 atom stereocenters. The molecule has 0 aliphatic carbocycles. The fourth-order valence-corrected chi connectivity index (χ4v) is 3.67. The highest BCUT2D eigenvalue weighted by Gasteiger charge is 2.13. The molecule has 5 aromatic rings. The second-order valence-corrected chi connectivity index (χ2v) is 6.36. The van der Waals surface area contributed by atoms with Crippen molar-refractivity contribution in [2.24, 2.45) is 0 Å². The number of hydrogen-bond acceptors (Lipinski definition) is 2. The summed E-state index contributed by atoms with van der Waals surface area (Å²) in [5, 5.41) is 7.66. The summed E-state index contributed by atoms with van der Waals surface area (Å²) in [6, 6.07) is 19.0. The van der Waals surface area contributed by atoms with Crippen LogP contribution in [0.2, 0.25) is 5.02 Å². The summed E-state index contributed by atoms with van der Waals surface area (Å²) in [5.74, 6) is 0. The number of rotatable bonds is 0. The number of halogens is 1. The summed E-state index contributed by atoms with van der Waals surface area (Å²) in [5.41, 5.74) is 0.761. The summed E-state index contributed by atoms with van der Waals surface area (Å²) in [6.45, 7) is 0. The lowest BCUT2D eigenvalue weighted by Gasteiger charge is -2.11. The van der Waals surface area contributed by atoms with Crippen molar-refractivity contribution in [3.8, 4) is 0 Å². The molecule has 0 saturated heterocycles. The van der Waals surface area contributed by atoms with Crippen molar-refractivity contribution in [1.82, 2.24) is 0 Å². The van der Waals surface area contributed by atoms with Gasteiger partial charge in [-0.05, 0) is 51.9 Å². The molecule has 0 amide bonds. The normalized spacial score (nSPS) is 11.7. The Hall–Kier alpha value is -2.84. The van der Waals surface area contributed by atoms with Crippen molar-refractivity contribution in [2.45, 2.75) is 0 Å². The van der Waals surface area contributed by atoms with Crippen LogP contribution in [0.15, 0.2) is 76.1 Å². The highest BCUT2D eigenvalue weighted by molar-refractivity contribution is 6.34. The SMILES string of the molecule is O=c1ccc2c(c1)c1ccc(Cl)cc1c1c3ccccc3coc21. The Morgan fingerprint density at radius 1 is 0.750 bits per heavy atom. The van der Waals surface area contributed by atoms with Crippen LogP contribution in [-0.2, 0) is 0 Å². The molecule has 1 heterocycles. The maximum Gasteiger partial charge on any atom is 0.179 e. The minimum atomic E-state index is -0.0149. The van der Waals surface area contributed by atoms with Crippen LogP contribution < -0.4 is 5.43 Å². The first-order valence-corrected chi connectivity index (χ1v) is 8.05. The molecule has 2 nitrogen and oxygen atoms in total. The third-order valence-corrected chi connectivity index (χ3v) is 4.77.